The van der Waals surface area contributed by atoms with Gasteiger partial charge in [0, 0.05) is 11.4 Å². The molecule has 3 heteroatoms. The zero-order valence-electron chi connectivity index (χ0n) is 12.6. The van der Waals surface area contributed by atoms with Gasteiger partial charge in [0.15, 0.2) is 0 Å². The highest BCUT2D eigenvalue weighted by molar-refractivity contribution is 7.99. The van der Waals surface area contributed by atoms with Crippen LogP contribution in [0.15, 0.2) is 23.1 Å². The van der Waals surface area contributed by atoms with Crippen LogP contribution in [0, 0.1) is 22.7 Å². The molecule has 1 atom stereocenters. The summed E-state index contributed by atoms with van der Waals surface area (Å²) in [6.07, 6.45) is 0. The van der Waals surface area contributed by atoms with Crippen LogP contribution >= 0.6 is 11.8 Å². The summed E-state index contributed by atoms with van der Waals surface area (Å²) in [4.78, 5) is 1.07. The van der Waals surface area contributed by atoms with Crippen LogP contribution in [0.1, 0.15) is 40.2 Å². The predicted octanol–water partition coefficient (Wildman–Crippen LogP) is 4.76. The van der Waals surface area contributed by atoms with E-state index in [1.54, 1.807) is 11.8 Å². The molecule has 0 spiro atoms. The number of hydrogen-bond acceptors (Lipinski definition) is 3. The number of rotatable bonds is 5. The lowest BCUT2D eigenvalue weighted by molar-refractivity contribution is 0.274. The summed E-state index contributed by atoms with van der Waals surface area (Å²) in [5.74, 6) is 1.53. The summed E-state index contributed by atoms with van der Waals surface area (Å²) in [6.45, 7) is 12.0. The molecule has 1 rings (SSSR count). The van der Waals surface area contributed by atoms with Crippen molar-refractivity contribution in [2.75, 3.05) is 17.6 Å². The number of hydrogen-bond donors (Lipinski definition) is 1. The van der Waals surface area contributed by atoms with Gasteiger partial charge >= 0.3 is 0 Å². The molecule has 0 aliphatic rings. The average molecular weight is 276 g/mol. The van der Waals surface area contributed by atoms with Gasteiger partial charge in [-0.1, -0.05) is 40.7 Å². The van der Waals surface area contributed by atoms with Crippen molar-refractivity contribution in [1.29, 1.82) is 5.26 Å². The Balaban J connectivity index is 2.85. The first kappa shape index (κ1) is 15.9. The van der Waals surface area contributed by atoms with Gasteiger partial charge < -0.3 is 5.32 Å². The molecule has 19 heavy (non-hydrogen) atoms. The third-order valence-corrected chi connectivity index (χ3v) is 4.45. The maximum Gasteiger partial charge on any atom is 0.102 e. The van der Waals surface area contributed by atoms with E-state index < -0.39 is 0 Å². The van der Waals surface area contributed by atoms with Gasteiger partial charge in [-0.3, -0.25) is 0 Å². The summed E-state index contributed by atoms with van der Waals surface area (Å²) in [5.41, 5.74) is 2.00. The van der Waals surface area contributed by atoms with E-state index in [1.807, 2.05) is 18.2 Å². The van der Waals surface area contributed by atoms with E-state index in [2.05, 4.69) is 46.0 Å². The summed E-state index contributed by atoms with van der Waals surface area (Å²) in [5, 5.41) is 12.8. The SMILES string of the molecule is CCSc1cccc(NCC(C)C(C)(C)C)c1C#N. The van der Waals surface area contributed by atoms with Crippen molar-refractivity contribution in [3.05, 3.63) is 23.8 Å². The lowest BCUT2D eigenvalue weighted by Gasteiger charge is -2.28. The van der Waals surface area contributed by atoms with Gasteiger partial charge in [0.1, 0.15) is 6.07 Å². The van der Waals surface area contributed by atoms with Gasteiger partial charge in [0.05, 0.1) is 11.3 Å². The molecule has 1 aromatic carbocycles. The molecule has 0 saturated heterocycles. The van der Waals surface area contributed by atoms with E-state index in [4.69, 9.17) is 0 Å². The standard InChI is InChI=1S/C16H24N2S/c1-6-19-15-9-7-8-14(13(15)10-17)18-11-12(2)16(3,4)5/h7-9,12,18H,6,11H2,1-5H3. The van der Waals surface area contributed by atoms with E-state index >= 15 is 0 Å². The highest BCUT2D eigenvalue weighted by atomic mass is 32.2. The van der Waals surface area contributed by atoms with Crippen LogP contribution in [0.25, 0.3) is 0 Å². The van der Waals surface area contributed by atoms with Crippen molar-refractivity contribution in [3.63, 3.8) is 0 Å². The van der Waals surface area contributed by atoms with Gasteiger partial charge in [0.25, 0.3) is 0 Å². The Morgan fingerprint density at radius 2 is 2.05 bits per heavy atom. The number of benzene rings is 1. The van der Waals surface area contributed by atoms with Crippen molar-refractivity contribution in [1.82, 2.24) is 0 Å². The number of nitriles is 1. The zero-order valence-corrected chi connectivity index (χ0v) is 13.4. The molecular formula is C16H24N2S. The molecule has 0 saturated carbocycles. The molecule has 1 aromatic rings. The van der Waals surface area contributed by atoms with Crippen LogP contribution in [0.3, 0.4) is 0 Å². The maximum atomic E-state index is 9.35. The Hall–Kier alpha value is -1.14. The Kier molecular flexibility index (Phi) is 5.75. The smallest absolute Gasteiger partial charge is 0.102 e. The molecule has 0 amide bonds. The maximum absolute atomic E-state index is 9.35. The lowest BCUT2D eigenvalue weighted by Crippen LogP contribution is -2.25. The minimum atomic E-state index is 0.273. The van der Waals surface area contributed by atoms with Crippen LogP contribution in [-0.4, -0.2) is 12.3 Å². The Morgan fingerprint density at radius 3 is 2.58 bits per heavy atom. The second-order valence-corrected chi connectivity index (χ2v) is 7.18. The number of thioether (sulfide) groups is 1. The molecule has 104 valence electrons. The van der Waals surface area contributed by atoms with E-state index in [0.717, 1.165) is 28.4 Å². The normalized spacial score (nSPS) is 12.8. The first-order valence-electron chi connectivity index (χ1n) is 6.80. The van der Waals surface area contributed by atoms with E-state index in [1.165, 1.54) is 0 Å². The predicted molar refractivity (Wildman–Crippen MR) is 84.7 cm³/mol. The summed E-state index contributed by atoms with van der Waals surface area (Å²) >= 11 is 1.72. The van der Waals surface area contributed by atoms with E-state index in [0.29, 0.717) is 5.92 Å². The molecule has 0 aliphatic carbocycles. The summed E-state index contributed by atoms with van der Waals surface area (Å²) < 4.78 is 0. The molecule has 0 bridgehead atoms. The van der Waals surface area contributed by atoms with Crippen molar-refractivity contribution in [2.24, 2.45) is 11.3 Å². The molecule has 1 N–H and O–H groups in total. The average Bonchev–Trinajstić information content (AvgIpc) is 2.35. The number of anilines is 1. The fourth-order valence-electron chi connectivity index (χ4n) is 1.64. The van der Waals surface area contributed by atoms with Crippen molar-refractivity contribution >= 4 is 17.4 Å². The molecule has 0 aliphatic heterocycles. The topological polar surface area (TPSA) is 35.8 Å². The number of nitrogens with zero attached hydrogens (tertiary/aromatic N) is 1. The van der Waals surface area contributed by atoms with Crippen LogP contribution in [0.4, 0.5) is 5.69 Å². The lowest BCUT2D eigenvalue weighted by atomic mass is 9.82. The fraction of sp³-hybridized carbons (Fsp3) is 0.562. The highest BCUT2D eigenvalue weighted by Crippen LogP contribution is 2.29. The first-order chi connectivity index (χ1) is 8.90. The molecule has 2 nitrogen and oxygen atoms in total. The quantitative estimate of drug-likeness (QED) is 0.787. The van der Waals surface area contributed by atoms with Crippen molar-refractivity contribution < 1.29 is 0 Å². The van der Waals surface area contributed by atoms with Crippen LogP contribution in [-0.2, 0) is 0 Å². The third-order valence-electron chi connectivity index (χ3n) is 3.51. The highest BCUT2D eigenvalue weighted by Gasteiger charge is 2.20. The van der Waals surface area contributed by atoms with Crippen molar-refractivity contribution in [2.45, 2.75) is 39.5 Å². The van der Waals surface area contributed by atoms with Crippen molar-refractivity contribution in [3.8, 4) is 6.07 Å². The van der Waals surface area contributed by atoms with Gasteiger partial charge in [-0.15, -0.1) is 11.8 Å². The van der Waals surface area contributed by atoms with E-state index in [-0.39, 0.29) is 5.41 Å². The molecule has 0 aromatic heterocycles. The third kappa shape index (κ3) is 4.47. The molecule has 0 heterocycles. The number of nitrogens with one attached hydrogen (secondary N) is 1. The largest absolute Gasteiger partial charge is 0.384 e. The first-order valence-corrected chi connectivity index (χ1v) is 7.78. The second-order valence-electron chi connectivity index (χ2n) is 5.87. The fourth-order valence-corrected chi connectivity index (χ4v) is 2.42. The molecular weight excluding hydrogens is 252 g/mol. The van der Waals surface area contributed by atoms with Gasteiger partial charge in [-0.05, 0) is 29.2 Å². The van der Waals surface area contributed by atoms with Crippen LogP contribution in [0.5, 0.6) is 0 Å². The molecule has 1 unspecified atom stereocenters. The van der Waals surface area contributed by atoms with Crippen LogP contribution < -0.4 is 5.32 Å². The Labute approximate surface area is 121 Å². The summed E-state index contributed by atoms with van der Waals surface area (Å²) in [6, 6.07) is 8.36. The van der Waals surface area contributed by atoms with Gasteiger partial charge in [-0.25, -0.2) is 0 Å². The molecule has 0 radical (unpaired) electrons. The zero-order chi connectivity index (χ0) is 14.5. The Bertz CT molecular complexity index is 455. The Morgan fingerprint density at radius 1 is 1.37 bits per heavy atom. The minimum Gasteiger partial charge on any atom is -0.384 e. The van der Waals surface area contributed by atoms with Gasteiger partial charge in [-0.2, -0.15) is 5.26 Å². The molecule has 0 fully saturated rings. The van der Waals surface area contributed by atoms with Gasteiger partial charge in [0.2, 0.25) is 0 Å². The van der Waals surface area contributed by atoms with Crippen LogP contribution in [0.2, 0.25) is 0 Å². The second kappa shape index (κ2) is 6.86. The minimum absolute atomic E-state index is 0.273. The monoisotopic (exact) mass is 276 g/mol. The van der Waals surface area contributed by atoms with E-state index in [9.17, 15) is 5.26 Å². The summed E-state index contributed by atoms with van der Waals surface area (Å²) in [7, 11) is 0.